The lowest BCUT2D eigenvalue weighted by Gasteiger charge is -2.02. The van der Waals surface area contributed by atoms with E-state index in [0.717, 1.165) is 0 Å². The molecule has 0 radical (unpaired) electrons. The average molecular weight is 229 g/mol. The summed E-state index contributed by atoms with van der Waals surface area (Å²) in [6.45, 7) is 0. The van der Waals surface area contributed by atoms with Gasteiger partial charge < -0.3 is 5.73 Å². The van der Waals surface area contributed by atoms with E-state index in [1.54, 1.807) is 36.4 Å². The van der Waals surface area contributed by atoms with E-state index in [2.05, 4.69) is 0 Å². The topological polar surface area (TPSA) is 43.1 Å². The summed E-state index contributed by atoms with van der Waals surface area (Å²) in [7, 11) is 0. The van der Waals surface area contributed by atoms with Crippen molar-refractivity contribution in [2.24, 2.45) is 0 Å². The van der Waals surface area contributed by atoms with Crippen LogP contribution in [0.4, 0.5) is 10.1 Å². The Balaban J connectivity index is 2.17. The fraction of sp³-hybridized carbons (Fsp3) is 0.0714. The Morgan fingerprint density at radius 2 is 1.88 bits per heavy atom. The van der Waals surface area contributed by atoms with Crippen LogP contribution in [0, 0.1) is 5.82 Å². The molecule has 0 spiro atoms. The number of carbonyl (C=O) groups is 1. The maximum absolute atomic E-state index is 13.0. The maximum atomic E-state index is 13.0. The van der Waals surface area contributed by atoms with Crippen molar-refractivity contribution in [2.45, 2.75) is 6.42 Å². The quantitative estimate of drug-likeness (QED) is 0.649. The molecule has 0 unspecified atom stereocenters. The van der Waals surface area contributed by atoms with E-state index in [4.69, 9.17) is 5.73 Å². The van der Waals surface area contributed by atoms with Gasteiger partial charge in [-0.2, -0.15) is 0 Å². The largest absolute Gasteiger partial charge is 0.399 e. The van der Waals surface area contributed by atoms with E-state index in [0.29, 0.717) is 16.8 Å². The molecule has 0 heterocycles. The molecule has 2 aromatic carbocycles. The van der Waals surface area contributed by atoms with Crippen molar-refractivity contribution in [3.8, 4) is 0 Å². The van der Waals surface area contributed by atoms with Crippen molar-refractivity contribution in [1.29, 1.82) is 0 Å². The number of anilines is 1. The minimum absolute atomic E-state index is 0.0668. The third-order valence-electron chi connectivity index (χ3n) is 2.46. The second-order valence-corrected chi connectivity index (χ2v) is 3.86. The molecule has 2 rings (SSSR count). The summed E-state index contributed by atoms with van der Waals surface area (Å²) in [6.07, 6.45) is 0.182. The molecule has 0 saturated heterocycles. The molecule has 0 aliphatic carbocycles. The second-order valence-electron chi connectivity index (χ2n) is 3.86. The van der Waals surface area contributed by atoms with Gasteiger partial charge in [0.2, 0.25) is 0 Å². The second kappa shape index (κ2) is 4.78. The van der Waals surface area contributed by atoms with Crippen molar-refractivity contribution in [1.82, 2.24) is 0 Å². The van der Waals surface area contributed by atoms with Gasteiger partial charge in [-0.1, -0.05) is 24.3 Å². The summed E-state index contributed by atoms with van der Waals surface area (Å²) in [5.74, 6) is -0.397. The molecule has 0 amide bonds. The average Bonchev–Trinajstić information content (AvgIpc) is 2.29. The van der Waals surface area contributed by atoms with E-state index in [1.807, 2.05) is 0 Å². The monoisotopic (exact) mass is 229 g/mol. The summed E-state index contributed by atoms with van der Waals surface area (Å²) in [5, 5.41) is 0. The van der Waals surface area contributed by atoms with Crippen LogP contribution in [-0.2, 0) is 6.42 Å². The zero-order valence-electron chi connectivity index (χ0n) is 9.19. The minimum Gasteiger partial charge on any atom is -0.399 e. The summed E-state index contributed by atoms with van der Waals surface area (Å²) in [4.78, 5) is 11.9. The van der Waals surface area contributed by atoms with Gasteiger partial charge in [-0.3, -0.25) is 4.79 Å². The smallest absolute Gasteiger partial charge is 0.167 e. The van der Waals surface area contributed by atoms with Gasteiger partial charge in [0, 0.05) is 17.7 Å². The highest BCUT2D eigenvalue weighted by atomic mass is 19.1. The third kappa shape index (κ3) is 2.91. The maximum Gasteiger partial charge on any atom is 0.167 e. The van der Waals surface area contributed by atoms with Crippen molar-refractivity contribution >= 4 is 11.5 Å². The van der Waals surface area contributed by atoms with Gasteiger partial charge in [-0.05, 0) is 29.8 Å². The van der Waals surface area contributed by atoms with E-state index >= 15 is 0 Å². The van der Waals surface area contributed by atoms with E-state index in [-0.39, 0.29) is 18.0 Å². The normalized spacial score (nSPS) is 10.2. The number of rotatable bonds is 3. The molecule has 2 N–H and O–H groups in total. The number of hydrogen-bond acceptors (Lipinski definition) is 2. The van der Waals surface area contributed by atoms with E-state index < -0.39 is 0 Å². The summed E-state index contributed by atoms with van der Waals surface area (Å²) in [5.41, 5.74) is 7.37. The van der Waals surface area contributed by atoms with Gasteiger partial charge in [0.25, 0.3) is 0 Å². The lowest BCUT2D eigenvalue weighted by molar-refractivity contribution is 0.0993. The number of nitrogens with two attached hydrogens (primary N) is 1. The van der Waals surface area contributed by atoms with Crippen molar-refractivity contribution in [3.05, 3.63) is 65.5 Å². The fourth-order valence-electron chi connectivity index (χ4n) is 1.65. The highest BCUT2D eigenvalue weighted by molar-refractivity contribution is 5.98. The van der Waals surface area contributed by atoms with Gasteiger partial charge in [0.1, 0.15) is 5.82 Å². The molecular weight excluding hydrogens is 217 g/mol. The van der Waals surface area contributed by atoms with E-state index in [9.17, 15) is 9.18 Å². The molecule has 0 aliphatic heterocycles. The molecule has 3 heteroatoms. The molecule has 0 aromatic heterocycles. The molecule has 0 aliphatic rings. The van der Waals surface area contributed by atoms with Crippen LogP contribution < -0.4 is 5.73 Å². The van der Waals surface area contributed by atoms with Crippen molar-refractivity contribution in [2.75, 3.05) is 5.73 Å². The van der Waals surface area contributed by atoms with Crippen molar-refractivity contribution in [3.63, 3.8) is 0 Å². The van der Waals surface area contributed by atoms with Gasteiger partial charge in [0.15, 0.2) is 5.78 Å². The van der Waals surface area contributed by atoms with Crippen LogP contribution in [0.15, 0.2) is 48.5 Å². The molecule has 2 aromatic rings. The first kappa shape index (κ1) is 11.3. The zero-order valence-corrected chi connectivity index (χ0v) is 9.19. The highest BCUT2D eigenvalue weighted by Gasteiger charge is 2.07. The van der Waals surface area contributed by atoms with Crippen LogP contribution in [0.2, 0.25) is 0 Å². The highest BCUT2D eigenvalue weighted by Crippen LogP contribution is 2.11. The number of carbonyl (C=O) groups excluding carboxylic acids is 1. The number of nitrogen functional groups attached to an aromatic ring is 1. The van der Waals surface area contributed by atoms with Gasteiger partial charge in [-0.25, -0.2) is 4.39 Å². The first-order valence-electron chi connectivity index (χ1n) is 5.28. The molecular formula is C14H12FNO. The number of benzene rings is 2. The molecule has 0 fully saturated rings. The Kier molecular flexibility index (Phi) is 3.19. The first-order valence-corrected chi connectivity index (χ1v) is 5.28. The van der Waals surface area contributed by atoms with Gasteiger partial charge in [0.05, 0.1) is 0 Å². The SMILES string of the molecule is Nc1cccc(C(=O)Cc2cccc(F)c2)c1. The summed E-state index contributed by atoms with van der Waals surface area (Å²) >= 11 is 0. The molecule has 0 atom stereocenters. The lowest BCUT2D eigenvalue weighted by Crippen LogP contribution is -2.04. The predicted molar refractivity (Wildman–Crippen MR) is 65.3 cm³/mol. The van der Waals surface area contributed by atoms with Gasteiger partial charge in [-0.15, -0.1) is 0 Å². The molecule has 17 heavy (non-hydrogen) atoms. The summed E-state index contributed by atoms with van der Waals surface area (Å²) in [6, 6.07) is 12.8. The third-order valence-corrected chi connectivity index (χ3v) is 2.46. The number of halogens is 1. The molecule has 86 valence electrons. The molecule has 2 nitrogen and oxygen atoms in total. The lowest BCUT2D eigenvalue weighted by atomic mass is 10.0. The number of Topliss-reactive ketones (excluding diaryl/α,β-unsaturated/α-hetero) is 1. The van der Waals surface area contributed by atoms with Crippen molar-refractivity contribution < 1.29 is 9.18 Å². The van der Waals surface area contributed by atoms with Crippen LogP contribution in [0.1, 0.15) is 15.9 Å². The van der Waals surface area contributed by atoms with E-state index in [1.165, 1.54) is 12.1 Å². The predicted octanol–water partition coefficient (Wildman–Crippen LogP) is 2.83. The number of ketones is 1. The van der Waals surface area contributed by atoms with Crippen LogP contribution in [0.5, 0.6) is 0 Å². The van der Waals surface area contributed by atoms with Crippen LogP contribution in [-0.4, -0.2) is 5.78 Å². The standard InChI is InChI=1S/C14H12FNO/c15-12-5-1-3-10(7-12)8-14(17)11-4-2-6-13(16)9-11/h1-7,9H,8,16H2. The minimum atomic E-state index is -0.331. The summed E-state index contributed by atoms with van der Waals surface area (Å²) < 4.78 is 13.0. The fourth-order valence-corrected chi connectivity index (χ4v) is 1.65. The van der Waals surface area contributed by atoms with Gasteiger partial charge >= 0.3 is 0 Å². The molecule has 0 saturated carbocycles. The Morgan fingerprint density at radius 1 is 1.12 bits per heavy atom. The van der Waals surface area contributed by atoms with Crippen LogP contribution in [0.3, 0.4) is 0 Å². The zero-order chi connectivity index (χ0) is 12.3. The Morgan fingerprint density at radius 3 is 2.59 bits per heavy atom. The Bertz CT molecular complexity index is 551. The first-order chi connectivity index (χ1) is 8.15. The Hall–Kier alpha value is -2.16. The van der Waals surface area contributed by atoms with Crippen LogP contribution >= 0.6 is 0 Å². The molecule has 0 bridgehead atoms. The Labute approximate surface area is 98.9 Å². The number of hydrogen-bond donors (Lipinski definition) is 1. The van der Waals surface area contributed by atoms with Crippen LogP contribution in [0.25, 0.3) is 0 Å².